The molecule has 0 atom stereocenters. The van der Waals surface area contributed by atoms with Crippen LogP contribution in [0.2, 0.25) is 0 Å². The van der Waals surface area contributed by atoms with Gasteiger partial charge in [0, 0.05) is 37.1 Å². The Bertz CT molecular complexity index is 853. The fraction of sp³-hybridized carbons (Fsp3) is 0.783. The molecule has 2 nitrogen and oxygen atoms in total. The SMILES string of the molecule is CCCCCCCCCCCCCCCCCC[n+]1ccc(-c2cc[n+](CCCCCCCCCCCCCCCCCC)cc2)cc1.[Cl-].[Cl-]. The molecule has 2 aromatic heterocycles. The van der Waals surface area contributed by atoms with Crippen LogP contribution in [0.1, 0.15) is 219 Å². The van der Waals surface area contributed by atoms with Gasteiger partial charge in [-0.15, -0.1) is 0 Å². The molecule has 2 heterocycles. The van der Waals surface area contributed by atoms with Gasteiger partial charge < -0.3 is 24.8 Å². The van der Waals surface area contributed by atoms with E-state index in [0.29, 0.717) is 0 Å². The van der Waals surface area contributed by atoms with Gasteiger partial charge in [-0.25, -0.2) is 9.13 Å². The summed E-state index contributed by atoms with van der Waals surface area (Å²) in [7, 11) is 0. The van der Waals surface area contributed by atoms with Crippen molar-refractivity contribution in [2.75, 3.05) is 0 Å². The van der Waals surface area contributed by atoms with Gasteiger partial charge in [0.2, 0.25) is 0 Å². The van der Waals surface area contributed by atoms with E-state index in [1.807, 2.05) is 0 Å². The topological polar surface area (TPSA) is 7.76 Å². The molecular weight excluding hydrogens is 651 g/mol. The van der Waals surface area contributed by atoms with Crippen LogP contribution < -0.4 is 33.9 Å². The van der Waals surface area contributed by atoms with E-state index >= 15 is 0 Å². The highest BCUT2D eigenvalue weighted by atomic mass is 35.5. The first-order valence-electron chi connectivity index (χ1n) is 21.8. The van der Waals surface area contributed by atoms with Crippen LogP contribution in [0.25, 0.3) is 11.1 Å². The molecular formula is C46H82Cl2N2. The molecule has 0 saturated carbocycles. The van der Waals surface area contributed by atoms with E-state index in [1.165, 1.54) is 217 Å². The number of unbranched alkanes of at least 4 members (excludes halogenated alkanes) is 30. The molecule has 2 aromatic rings. The van der Waals surface area contributed by atoms with Gasteiger partial charge in [0.1, 0.15) is 13.1 Å². The molecule has 0 amide bonds. The van der Waals surface area contributed by atoms with Crippen LogP contribution in [0.5, 0.6) is 0 Å². The maximum absolute atomic E-state index is 2.37. The minimum atomic E-state index is 0. The van der Waals surface area contributed by atoms with Crippen LogP contribution in [-0.4, -0.2) is 0 Å². The zero-order valence-electron chi connectivity index (χ0n) is 33.3. The van der Waals surface area contributed by atoms with Crippen molar-refractivity contribution < 1.29 is 33.9 Å². The van der Waals surface area contributed by atoms with E-state index in [0.717, 1.165) is 13.1 Å². The van der Waals surface area contributed by atoms with E-state index < -0.39 is 0 Å². The van der Waals surface area contributed by atoms with Crippen LogP contribution in [0.15, 0.2) is 49.1 Å². The highest BCUT2D eigenvalue weighted by Gasteiger charge is 2.06. The van der Waals surface area contributed by atoms with Crippen molar-refractivity contribution in [3.63, 3.8) is 0 Å². The van der Waals surface area contributed by atoms with Crippen molar-refractivity contribution >= 4 is 0 Å². The Morgan fingerprint density at radius 2 is 0.460 bits per heavy atom. The summed E-state index contributed by atoms with van der Waals surface area (Å²) in [6.45, 7) is 6.90. The summed E-state index contributed by atoms with van der Waals surface area (Å²) in [5.41, 5.74) is 2.65. The molecule has 0 aliphatic carbocycles. The van der Waals surface area contributed by atoms with Gasteiger partial charge >= 0.3 is 0 Å². The highest BCUT2D eigenvalue weighted by Crippen LogP contribution is 2.17. The lowest BCUT2D eigenvalue weighted by Crippen LogP contribution is -3.00. The van der Waals surface area contributed by atoms with Crippen molar-refractivity contribution in [3.05, 3.63) is 49.1 Å². The molecule has 0 aromatic carbocycles. The predicted octanol–water partition coefficient (Wildman–Crippen LogP) is 8.46. The van der Waals surface area contributed by atoms with E-state index in [4.69, 9.17) is 0 Å². The quantitative estimate of drug-likeness (QED) is 0.0497. The Kier molecular flexibility index (Phi) is 36.8. The third kappa shape index (κ3) is 28.5. The normalized spacial score (nSPS) is 11.0. The molecule has 0 aliphatic rings. The van der Waals surface area contributed by atoms with Gasteiger partial charge in [-0.3, -0.25) is 0 Å². The molecule has 2 rings (SSSR count). The second-order valence-electron chi connectivity index (χ2n) is 15.3. The van der Waals surface area contributed by atoms with Gasteiger partial charge in [0.05, 0.1) is 0 Å². The fourth-order valence-corrected chi connectivity index (χ4v) is 7.28. The summed E-state index contributed by atoms with van der Waals surface area (Å²) < 4.78 is 4.74. The molecule has 0 bridgehead atoms. The lowest BCUT2D eigenvalue weighted by atomic mass is 10.0. The number of halogens is 2. The zero-order valence-corrected chi connectivity index (χ0v) is 34.8. The number of aryl methyl sites for hydroxylation is 2. The van der Waals surface area contributed by atoms with E-state index in [2.05, 4.69) is 72.0 Å². The summed E-state index contributed by atoms with van der Waals surface area (Å²) in [4.78, 5) is 0. The molecule has 4 heteroatoms. The third-order valence-electron chi connectivity index (χ3n) is 10.7. The van der Waals surface area contributed by atoms with E-state index in [9.17, 15) is 0 Å². The van der Waals surface area contributed by atoms with Gasteiger partial charge in [-0.2, -0.15) is 0 Å². The molecule has 0 unspecified atom stereocenters. The minimum absolute atomic E-state index is 0. The smallest absolute Gasteiger partial charge is 0.169 e. The van der Waals surface area contributed by atoms with Gasteiger partial charge in [0.25, 0.3) is 0 Å². The molecule has 0 fully saturated rings. The Labute approximate surface area is 325 Å². The number of aromatic nitrogens is 2. The zero-order chi connectivity index (χ0) is 34.0. The molecule has 0 saturated heterocycles. The van der Waals surface area contributed by atoms with Crippen LogP contribution in [0.4, 0.5) is 0 Å². The first-order chi connectivity index (χ1) is 23.8. The summed E-state index contributed by atoms with van der Waals surface area (Å²) in [6, 6.07) is 9.17. The lowest BCUT2D eigenvalue weighted by molar-refractivity contribution is -0.697. The number of nitrogens with zero attached hydrogens (tertiary/aromatic N) is 2. The summed E-state index contributed by atoms with van der Waals surface area (Å²) in [5.74, 6) is 0. The third-order valence-corrected chi connectivity index (χ3v) is 10.7. The Hall–Kier alpha value is -1.12. The summed E-state index contributed by atoms with van der Waals surface area (Å²) in [6.07, 6.45) is 54.9. The van der Waals surface area contributed by atoms with Crippen molar-refractivity contribution in [2.45, 2.75) is 232 Å². The Morgan fingerprint density at radius 3 is 0.660 bits per heavy atom. The van der Waals surface area contributed by atoms with Gasteiger partial charge in [-0.1, -0.05) is 194 Å². The molecule has 0 aliphatic heterocycles. The van der Waals surface area contributed by atoms with Gasteiger partial charge in [0.15, 0.2) is 24.8 Å². The minimum Gasteiger partial charge on any atom is -1.00 e. The molecule has 0 radical (unpaired) electrons. The van der Waals surface area contributed by atoms with Crippen molar-refractivity contribution in [1.82, 2.24) is 0 Å². The van der Waals surface area contributed by atoms with Crippen LogP contribution in [0.3, 0.4) is 0 Å². The molecule has 0 spiro atoms. The number of pyridine rings is 2. The summed E-state index contributed by atoms with van der Waals surface area (Å²) >= 11 is 0. The monoisotopic (exact) mass is 733 g/mol. The number of hydrogen-bond donors (Lipinski definition) is 0. The van der Waals surface area contributed by atoms with Crippen molar-refractivity contribution in [2.24, 2.45) is 0 Å². The Morgan fingerprint density at radius 1 is 0.280 bits per heavy atom. The van der Waals surface area contributed by atoms with Crippen LogP contribution in [-0.2, 0) is 13.1 Å². The molecule has 290 valence electrons. The maximum Gasteiger partial charge on any atom is 0.169 e. The largest absolute Gasteiger partial charge is 1.00 e. The average molecular weight is 734 g/mol. The number of rotatable bonds is 35. The van der Waals surface area contributed by atoms with E-state index in [1.54, 1.807) is 0 Å². The van der Waals surface area contributed by atoms with Crippen molar-refractivity contribution in [1.29, 1.82) is 0 Å². The molecule has 50 heavy (non-hydrogen) atoms. The standard InChI is InChI=1S/C46H82N2.2ClH/c1-3-5-7-9-11-13-15-17-19-21-23-25-27-29-31-33-39-47-41-35-45(36-42-47)46-37-43-48(44-38-46)40-34-32-30-28-26-24-22-20-18-16-14-12-10-8-6-4-2;;/h35-38,41-44H,3-34,39-40H2,1-2H3;2*1H/q+2;;/p-2. The Balaban J connectivity index is 0.0000120. The van der Waals surface area contributed by atoms with Crippen LogP contribution >= 0.6 is 0 Å². The van der Waals surface area contributed by atoms with Crippen molar-refractivity contribution in [3.8, 4) is 11.1 Å². The van der Waals surface area contributed by atoms with E-state index in [-0.39, 0.29) is 24.8 Å². The second kappa shape index (κ2) is 37.6. The number of hydrogen-bond acceptors (Lipinski definition) is 0. The van der Waals surface area contributed by atoms with Crippen LogP contribution in [0, 0.1) is 0 Å². The summed E-state index contributed by atoms with van der Waals surface area (Å²) in [5, 5.41) is 0. The average Bonchev–Trinajstić information content (AvgIpc) is 3.12. The molecule has 0 N–H and O–H groups in total. The van der Waals surface area contributed by atoms with Gasteiger partial charge in [-0.05, 0) is 24.0 Å². The maximum atomic E-state index is 2.37. The first-order valence-corrected chi connectivity index (χ1v) is 21.8. The highest BCUT2D eigenvalue weighted by molar-refractivity contribution is 5.60. The fourth-order valence-electron chi connectivity index (χ4n) is 7.28. The predicted molar refractivity (Wildman–Crippen MR) is 211 cm³/mol. The first kappa shape index (κ1) is 48.9. The second-order valence-corrected chi connectivity index (χ2v) is 15.3. The lowest BCUT2D eigenvalue weighted by Gasteiger charge is -2.04.